The number of rotatable bonds is 8. The van der Waals surface area contributed by atoms with Crippen molar-refractivity contribution in [1.82, 2.24) is 10.3 Å². The molecular formula is C32H26N4O5S. The van der Waals surface area contributed by atoms with E-state index in [1.807, 2.05) is 90.7 Å². The number of hydrogen-bond acceptors (Lipinski definition) is 7. The SMILES string of the molecule is COc1cc([N+](=O)[O-])ccc1-c1ccc(C2C(c3ccccn3)NC(=S)N2c2ccc(Oc3ccccc3C)cc2)o1. The number of nitrogens with one attached hydrogen (secondary N) is 1. The molecule has 0 saturated carbocycles. The summed E-state index contributed by atoms with van der Waals surface area (Å²) in [7, 11) is 1.47. The Labute approximate surface area is 247 Å². The summed E-state index contributed by atoms with van der Waals surface area (Å²) in [6, 6.07) is 28.8. The Hall–Kier alpha value is -5.22. The zero-order valence-electron chi connectivity index (χ0n) is 22.8. The summed E-state index contributed by atoms with van der Waals surface area (Å²) in [6.07, 6.45) is 1.74. The third kappa shape index (κ3) is 5.15. The van der Waals surface area contributed by atoms with E-state index < -0.39 is 4.92 Å². The van der Waals surface area contributed by atoms with Gasteiger partial charge < -0.3 is 24.1 Å². The molecule has 210 valence electrons. The number of hydrogen-bond donors (Lipinski definition) is 1. The molecule has 0 aliphatic carbocycles. The molecule has 2 unspecified atom stereocenters. The van der Waals surface area contributed by atoms with Crippen molar-refractivity contribution in [3.05, 3.63) is 130 Å². The highest BCUT2D eigenvalue weighted by atomic mass is 32.1. The fourth-order valence-electron chi connectivity index (χ4n) is 5.05. The smallest absolute Gasteiger partial charge is 0.273 e. The second-order valence-corrected chi connectivity index (χ2v) is 10.1. The van der Waals surface area contributed by atoms with Gasteiger partial charge in [-0.2, -0.15) is 0 Å². The number of aromatic nitrogens is 1. The van der Waals surface area contributed by atoms with Gasteiger partial charge in [-0.3, -0.25) is 15.1 Å². The van der Waals surface area contributed by atoms with Gasteiger partial charge in [0.25, 0.3) is 5.69 Å². The van der Waals surface area contributed by atoms with Gasteiger partial charge in [-0.25, -0.2) is 0 Å². The van der Waals surface area contributed by atoms with Gasteiger partial charge in [0.05, 0.1) is 35.4 Å². The molecule has 3 heterocycles. The van der Waals surface area contributed by atoms with E-state index in [-0.39, 0.29) is 17.8 Å². The summed E-state index contributed by atoms with van der Waals surface area (Å²) in [5.41, 5.74) is 3.23. The summed E-state index contributed by atoms with van der Waals surface area (Å²) in [6.45, 7) is 2.00. The van der Waals surface area contributed by atoms with Gasteiger partial charge in [-0.1, -0.05) is 24.3 Å². The van der Waals surface area contributed by atoms with Crippen LogP contribution in [0, 0.1) is 17.0 Å². The van der Waals surface area contributed by atoms with E-state index in [0.717, 1.165) is 22.7 Å². The van der Waals surface area contributed by atoms with Crippen molar-refractivity contribution in [2.24, 2.45) is 0 Å². The number of nitro benzene ring substituents is 1. The van der Waals surface area contributed by atoms with Crippen LogP contribution in [0.5, 0.6) is 17.2 Å². The topological polar surface area (TPSA) is 103 Å². The number of non-ortho nitro benzene ring substituents is 1. The highest BCUT2D eigenvalue weighted by Gasteiger charge is 2.42. The highest BCUT2D eigenvalue weighted by Crippen LogP contribution is 2.44. The minimum atomic E-state index is -0.461. The Balaban J connectivity index is 1.37. The van der Waals surface area contributed by atoms with Crippen LogP contribution in [-0.2, 0) is 0 Å². The third-order valence-corrected chi connectivity index (χ3v) is 7.43. The molecule has 10 heteroatoms. The van der Waals surface area contributed by atoms with Crippen molar-refractivity contribution in [3.63, 3.8) is 0 Å². The van der Waals surface area contributed by atoms with E-state index in [1.165, 1.54) is 19.2 Å². The number of aryl methyl sites for hydroxylation is 1. The van der Waals surface area contributed by atoms with Gasteiger partial charge in [0.2, 0.25) is 0 Å². The molecule has 1 aliphatic heterocycles. The molecule has 0 radical (unpaired) electrons. The normalized spacial score (nSPS) is 16.2. The number of ether oxygens (including phenoxy) is 2. The average molecular weight is 579 g/mol. The third-order valence-electron chi connectivity index (χ3n) is 7.11. The zero-order chi connectivity index (χ0) is 29.2. The molecule has 3 aromatic carbocycles. The summed E-state index contributed by atoms with van der Waals surface area (Å²) in [5, 5.41) is 15.2. The van der Waals surface area contributed by atoms with Crippen LogP contribution in [0.1, 0.15) is 29.1 Å². The first-order valence-corrected chi connectivity index (χ1v) is 13.6. The van der Waals surface area contributed by atoms with E-state index in [9.17, 15) is 10.1 Å². The Morgan fingerprint density at radius 2 is 1.76 bits per heavy atom. The molecule has 1 aliphatic rings. The molecule has 2 atom stereocenters. The van der Waals surface area contributed by atoms with E-state index >= 15 is 0 Å². The van der Waals surface area contributed by atoms with E-state index in [1.54, 1.807) is 12.3 Å². The standard InChI is InChI=1S/C32H26N4O5S/c1-20-7-3-4-9-26(20)40-23-13-10-21(11-14-23)35-31(30(34-32(35)42)25-8-5-6-18-33-25)28-17-16-27(41-28)24-15-12-22(36(37)38)19-29(24)39-2/h3-19,30-31H,1-2H3,(H,34,42). The van der Waals surface area contributed by atoms with Gasteiger partial charge in [0, 0.05) is 18.0 Å². The maximum absolute atomic E-state index is 11.3. The Morgan fingerprint density at radius 3 is 2.48 bits per heavy atom. The molecule has 6 rings (SSSR count). The van der Waals surface area contributed by atoms with Crippen LogP contribution in [0.2, 0.25) is 0 Å². The number of nitrogens with zero attached hydrogens (tertiary/aromatic N) is 3. The van der Waals surface area contributed by atoms with Crippen LogP contribution >= 0.6 is 12.2 Å². The van der Waals surface area contributed by atoms with Crippen molar-refractivity contribution in [2.75, 3.05) is 12.0 Å². The Kier molecular flexibility index (Phi) is 7.28. The first-order chi connectivity index (χ1) is 20.4. The summed E-state index contributed by atoms with van der Waals surface area (Å²) in [4.78, 5) is 17.4. The molecule has 0 amide bonds. The fourth-order valence-corrected chi connectivity index (χ4v) is 5.39. The van der Waals surface area contributed by atoms with Crippen LogP contribution in [0.3, 0.4) is 0 Å². The number of pyridine rings is 1. The van der Waals surface area contributed by atoms with Crippen molar-refractivity contribution in [1.29, 1.82) is 0 Å². The van der Waals surface area contributed by atoms with Crippen molar-refractivity contribution >= 4 is 28.7 Å². The van der Waals surface area contributed by atoms with Gasteiger partial charge >= 0.3 is 0 Å². The second-order valence-electron chi connectivity index (χ2n) is 9.70. The lowest BCUT2D eigenvalue weighted by atomic mass is 10.0. The highest BCUT2D eigenvalue weighted by molar-refractivity contribution is 7.80. The quantitative estimate of drug-likeness (QED) is 0.114. The molecule has 42 heavy (non-hydrogen) atoms. The minimum absolute atomic E-state index is 0.0658. The lowest BCUT2D eigenvalue weighted by Crippen LogP contribution is -2.29. The first-order valence-electron chi connectivity index (χ1n) is 13.2. The molecule has 0 bridgehead atoms. The molecule has 2 aromatic heterocycles. The lowest BCUT2D eigenvalue weighted by Gasteiger charge is -2.26. The van der Waals surface area contributed by atoms with Crippen molar-refractivity contribution in [2.45, 2.75) is 19.0 Å². The molecular weight excluding hydrogens is 552 g/mol. The largest absolute Gasteiger partial charge is 0.496 e. The van der Waals surface area contributed by atoms with Crippen LogP contribution < -0.4 is 19.7 Å². The van der Waals surface area contributed by atoms with Gasteiger partial charge in [-0.05, 0) is 85.4 Å². The molecule has 1 fully saturated rings. The molecule has 0 spiro atoms. The van der Waals surface area contributed by atoms with Crippen molar-refractivity contribution in [3.8, 4) is 28.6 Å². The molecule has 5 aromatic rings. The van der Waals surface area contributed by atoms with E-state index in [4.69, 9.17) is 26.1 Å². The minimum Gasteiger partial charge on any atom is -0.496 e. The Bertz CT molecular complexity index is 1760. The summed E-state index contributed by atoms with van der Waals surface area (Å²) < 4.78 is 18.0. The predicted octanol–water partition coefficient (Wildman–Crippen LogP) is 7.54. The number of benzene rings is 3. The lowest BCUT2D eigenvalue weighted by molar-refractivity contribution is -0.384. The molecule has 1 N–H and O–H groups in total. The second kappa shape index (κ2) is 11.3. The number of thiocarbonyl (C=S) groups is 1. The van der Waals surface area contributed by atoms with Crippen LogP contribution in [0.4, 0.5) is 11.4 Å². The number of methoxy groups -OCH3 is 1. The van der Waals surface area contributed by atoms with E-state index in [0.29, 0.717) is 33.7 Å². The number of furan rings is 1. The fraction of sp³-hybridized carbons (Fsp3) is 0.125. The van der Waals surface area contributed by atoms with Crippen LogP contribution in [0.15, 0.2) is 108 Å². The van der Waals surface area contributed by atoms with Crippen molar-refractivity contribution < 1.29 is 18.8 Å². The van der Waals surface area contributed by atoms with Gasteiger partial charge in [-0.15, -0.1) is 0 Å². The monoisotopic (exact) mass is 578 g/mol. The Morgan fingerprint density at radius 1 is 0.976 bits per heavy atom. The maximum atomic E-state index is 11.3. The molecule has 9 nitrogen and oxygen atoms in total. The van der Waals surface area contributed by atoms with Gasteiger partial charge in [0.1, 0.15) is 34.8 Å². The number of nitro groups is 1. The van der Waals surface area contributed by atoms with Crippen LogP contribution in [0.25, 0.3) is 11.3 Å². The predicted molar refractivity (Wildman–Crippen MR) is 163 cm³/mol. The number of para-hydroxylation sites is 1. The average Bonchev–Trinajstić information content (AvgIpc) is 3.63. The summed E-state index contributed by atoms with van der Waals surface area (Å²) in [5.74, 6) is 2.98. The number of anilines is 1. The summed E-state index contributed by atoms with van der Waals surface area (Å²) >= 11 is 5.84. The molecule has 1 saturated heterocycles. The van der Waals surface area contributed by atoms with Crippen LogP contribution in [-0.4, -0.2) is 22.1 Å². The van der Waals surface area contributed by atoms with Gasteiger partial charge in [0.15, 0.2) is 5.11 Å². The first kappa shape index (κ1) is 27.0. The van der Waals surface area contributed by atoms with E-state index in [2.05, 4.69) is 10.3 Å². The zero-order valence-corrected chi connectivity index (χ0v) is 23.6. The maximum Gasteiger partial charge on any atom is 0.273 e.